The van der Waals surface area contributed by atoms with Gasteiger partial charge in [-0.05, 0) is 50.7 Å². The molecule has 0 aliphatic rings. The fourth-order valence-corrected chi connectivity index (χ4v) is 2.44. The number of nitrogens with zero attached hydrogens (tertiary/aromatic N) is 2. The second-order valence-electron chi connectivity index (χ2n) is 6.46. The van der Waals surface area contributed by atoms with Crippen molar-refractivity contribution in [3.05, 3.63) is 65.2 Å². The van der Waals surface area contributed by atoms with Crippen molar-refractivity contribution in [2.45, 2.75) is 20.4 Å². The lowest BCUT2D eigenvalue weighted by molar-refractivity contribution is 0.202. The summed E-state index contributed by atoms with van der Waals surface area (Å²) in [6.45, 7) is 6.15. The van der Waals surface area contributed by atoms with Gasteiger partial charge in [0.15, 0.2) is 0 Å². The largest absolute Gasteiger partial charge is 0.322 e. The number of hydrogen-bond donors (Lipinski definition) is 1. The van der Waals surface area contributed by atoms with Crippen LogP contribution in [0.25, 0.3) is 0 Å². The van der Waals surface area contributed by atoms with Crippen LogP contribution >= 0.6 is 0 Å². The Kier molecular flexibility index (Phi) is 6.38. The zero-order chi connectivity index (χ0) is 17.5. The van der Waals surface area contributed by atoms with Crippen LogP contribution in [0.3, 0.4) is 0 Å². The van der Waals surface area contributed by atoms with Gasteiger partial charge >= 0.3 is 6.03 Å². The number of carbonyl (C=O) groups excluding carboxylic acids is 1. The molecule has 4 nitrogen and oxygen atoms in total. The molecule has 1 N–H and O–H groups in total. The third kappa shape index (κ3) is 5.39. The molecule has 2 aromatic carbocycles. The van der Waals surface area contributed by atoms with E-state index in [9.17, 15) is 4.79 Å². The molecule has 2 amide bonds. The van der Waals surface area contributed by atoms with Gasteiger partial charge in [-0.2, -0.15) is 0 Å². The fourth-order valence-electron chi connectivity index (χ4n) is 2.44. The summed E-state index contributed by atoms with van der Waals surface area (Å²) >= 11 is 0. The summed E-state index contributed by atoms with van der Waals surface area (Å²) < 4.78 is 0. The molecule has 0 heterocycles. The lowest BCUT2D eigenvalue weighted by Crippen LogP contribution is -2.39. The Balaban J connectivity index is 2.12. The minimum absolute atomic E-state index is 0.0607. The highest BCUT2D eigenvalue weighted by molar-refractivity contribution is 5.90. The van der Waals surface area contributed by atoms with Crippen molar-refractivity contribution in [1.29, 1.82) is 0 Å². The first-order chi connectivity index (χ1) is 11.5. The molecular formula is C20H27N3O. The van der Waals surface area contributed by atoms with Gasteiger partial charge in [0, 0.05) is 25.3 Å². The van der Waals surface area contributed by atoms with E-state index < -0.39 is 0 Å². The Morgan fingerprint density at radius 2 is 1.71 bits per heavy atom. The molecule has 2 aromatic rings. The molecule has 0 radical (unpaired) electrons. The number of likely N-dealkylation sites (N-methyl/N-ethyl adjacent to an activating group) is 1. The molecule has 2 rings (SSSR count). The van der Waals surface area contributed by atoms with Crippen LogP contribution in [0, 0.1) is 13.8 Å². The Morgan fingerprint density at radius 1 is 1.00 bits per heavy atom. The number of rotatable bonds is 6. The summed E-state index contributed by atoms with van der Waals surface area (Å²) in [5, 5.41) is 3.06. The summed E-state index contributed by atoms with van der Waals surface area (Å²) in [6, 6.07) is 16.1. The quantitative estimate of drug-likeness (QED) is 0.874. The first-order valence-corrected chi connectivity index (χ1v) is 8.27. The topological polar surface area (TPSA) is 35.6 Å². The Bertz CT molecular complexity index is 668. The van der Waals surface area contributed by atoms with Crippen molar-refractivity contribution >= 4 is 11.7 Å². The molecule has 0 bridgehead atoms. The second-order valence-corrected chi connectivity index (χ2v) is 6.46. The van der Waals surface area contributed by atoms with Crippen LogP contribution in [0.2, 0.25) is 0 Å². The maximum atomic E-state index is 12.8. The monoisotopic (exact) mass is 325 g/mol. The molecule has 4 heteroatoms. The zero-order valence-electron chi connectivity index (χ0n) is 15.0. The van der Waals surface area contributed by atoms with E-state index in [4.69, 9.17) is 0 Å². The summed E-state index contributed by atoms with van der Waals surface area (Å²) in [6.07, 6.45) is 0. The second kappa shape index (κ2) is 8.50. The van der Waals surface area contributed by atoms with E-state index in [2.05, 4.69) is 16.3 Å². The lowest BCUT2D eigenvalue weighted by atomic mass is 10.1. The van der Waals surface area contributed by atoms with E-state index in [1.807, 2.05) is 75.3 Å². The Morgan fingerprint density at radius 3 is 2.38 bits per heavy atom. The minimum atomic E-state index is -0.0607. The van der Waals surface area contributed by atoms with Crippen molar-refractivity contribution in [3.8, 4) is 0 Å². The summed E-state index contributed by atoms with van der Waals surface area (Å²) in [5.41, 5.74) is 4.22. The van der Waals surface area contributed by atoms with Crippen molar-refractivity contribution in [3.63, 3.8) is 0 Å². The molecule has 0 aliphatic heterocycles. The highest BCUT2D eigenvalue weighted by atomic mass is 16.2. The van der Waals surface area contributed by atoms with E-state index in [0.29, 0.717) is 13.1 Å². The maximum absolute atomic E-state index is 12.8. The minimum Gasteiger partial charge on any atom is -0.319 e. The lowest BCUT2D eigenvalue weighted by Gasteiger charge is -2.25. The molecule has 0 unspecified atom stereocenters. The van der Waals surface area contributed by atoms with Crippen LogP contribution < -0.4 is 5.32 Å². The number of benzene rings is 2. The third-order valence-corrected chi connectivity index (χ3v) is 3.96. The van der Waals surface area contributed by atoms with Gasteiger partial charge in [0.25, 0.3) is 0 Å². The molecular weight excluding hydrogens is 298 g/mol. The van der Waals surface area contributed by atoms with Crippen molar-refractivity contribution < 1.29 is 4.79 Å². The normalized spacial score (nSPS) is 10.7. The van der Waals surface area contributed by atoms with Crippen molar-refractivity contribution in [2.75, 3.05) is 32.5 Å². The van der Waals surface area contributed by atoms with Crippen LogP contribution in [0.15, 0.2) is 48.5 Å². The standard InChI is InChI=1S/C20H27N3O/c1-16-10-11-17(2)19(14-16)21-20(24)23(13-12-22(3)4)15-18-8-6-5-7-9-18/h5-11,14H,12-13,15H2,1-4H3,(H,21,24). The van der Waals surface area contributed by atoms with Crippen LogP contribution in [-0.2, 0) is 6.54 Å². The van der Waals surface area contributed by atoms with Crippen LogP contribution in [0.4, 0.5) is 10.5 Å². The highest BCUT2D eigenvalue weighted by Crippen LogP contribution is 2.17. The van der Waals surface area contributed by atoms with Gasteiger partial charge in [0.2, 0.25) is 0 Å². The highest BCUT2D eigenvalue weighted by Gasteiger charge is 2.15. The predicted octanol–water partition coefficient (Wildman–Crippen LogP) is 3.90. The van der Waals surface area contributed by atoms with E-state index in [1.54, 1.807) is 0 Å². The summed E-state index contributed by atoms with van der Waals surface area (Å²) in [7, 11) is 4.03. The SMILES string of the molecule is Cc1ccc(C)c(NC(=O)N(CCN(C)C)Cc2ccccc2)c1. The van der Waals surface area contributed by atoms with Gasteiger partial charge in [-0.1, -0.05) is 42.5 Å². The number of nitrogens with one attached hydrogen (secondary N) is 1. The van der Waals surface area contributed by atoms with E-state index in [-0.39, 0.29) is 6.03 Å². The van der Waals surface area contributed by atoms with E-state index in [1.165, 1.54) is 0 Å². The maximum Gasteiger partial charge on any atom is 0.322 e. The third-order valence-electron chi connectivity index (χ3n) is 3.96. The molecule has 0 saturated carbocycles. The molecule has 0 aromatic heterocycles. The number of amides is 2. The summed E-state index contributed by atoms with van der Waals surface area (Å²) in [4.78, 5) is 16.7. The Labute approximate surface area is 145 Å². The predicted molar refractivity (Wildman–Crippen MR) is 100 cm³/mol. The first-order valence-electron chi connectivity index (χ1n) is 8.27. The summed E-state index contributed by atoms with van der Waals surface area (Å²) in [5.74, 6) is 0. The average molecular weight is 325 g/mol. The first kappa shape index (κ1) is 18.0. The fraction of sp³-hybridized carbons (Fsp3) is 0.350. The van der Waals surface area contributed by atoms with Crippen LogP contribution in [0.5, 0.6) is 0 Å². The van der Waals surface area contributed by atoms with Crippen molar-refractivity contribution in [2.24, 2.45) is 0 Å². The molecule has 24 heavy (non-hydrogen) atoms. The molecule has 0 fully saturated rings. The molecule has 0 saturated heterocycles. The zero-order valence-corrected chi connectivity index (χ0v) is 15.0. The van der Waals surface area contributed by atoms with Crippen molar-refractivity contribution in [1.82, 2.24) is 9.80 Å². The van der Waals surface area contributed by atoms with Gasteiger partial charge in [0.05, 0.1) is 0 Å². The number of hydrogen-bond acceptors (Lipinski definition) is 2. The van der Waals surface area contributed by atoms with Crippen LogP contribution in [0.1, 0.15) is 16.7 Å². The molecule has 0 atom stereocenters. The van der Waals surface area contributed by atoms with Gasteiger partial charge in [-0.3, -0.25) is 0 Å². The molecule has 0 aliphatic carbocycles. The number of aryl methyl sites for hydroxylation is 2. The smallest absolute Gasteiger partial charge is 0.319 e. The number of anilines is 1. The average Bonchev–Trinajstić information content (AvgIpc) is 2.55. The van der Waals surface area contributed by atoms with Gasteiger partial charge in [-0.25, -0.2) is 4.79 Å². The van der Waals surface area contributed by atoms with Gasteiger partial charge < -0.3 is 15.1 Å². The molecule has 0 spiro atoms. The number of carbonyl (C=O) groups is 1. The van der Waals surface area contributed by atoms with E-state index in [0.717, 1.165) is 28.9 Å². The Hall–Kier alpha value is -2.33. The van der Waals surface area contributed by atoms with Gasteiger partial charge in [0.1, 0.15) is 0 Å². The van der Waals surface area contributed by atoms with Gasteiger partial charge in [-0.15, -0.1) is 0 Å². The number of urea groups is 1. The van der Waals surface area contributed by atoms with Crippen LogP contribution in [-0.4, -0.2) is 43.0 Å². The van der Waals surface area contributed by atoms with E-state index >= 15 is 0 Å². The molecule has 128 valence electrons.